The summed E-state index contributed by atoms with van der Waals surface area (Å²) in [5.41, 5.74) is -1.11. The minimum atomic E-state index is -1.26. The van der Waals surface area contributed by atoms with Gasteiger partial charge in [-0.05, 0) is 45.4 Å². The lowest BCUT2D eigenvalue weighted by Crippen LogP contribution is -2.58. The number of hydrogen-bond acceptors (Lipinski definition) is 30. The SMILES string of the molecule is [CH2]C(COCCC[C@@H]1S[C@H](COC(C)=O)[C@@H](OC(C)=O)[C@H](OC(C)=O)[C@H]1OC(C)=O)(COCCC[C@H]1S[C@H](COC(C)=O)[C@@H](OC(C)=O)[C@H](OC(C)=O)[C@@H]1OC(C)=O)COCCC[C@H]1S[C@H](COC(C)=O)[C@@H](OC(C)=O)[C@H](OC(C)=O)[C@@H]1OC(C)=O. The highest BCUT2D eigenvalue weighted by atomic mass is 32.2. The smallest absolute Gasteiger partial charge is 0.303 e. The summed E-state index contributed by atoms with van der Waals surface area (Å²) in [6.07, 6.45) is -8.61. The van der Waals surface area contributed by atoms with Gasteiger partial charge in [0, 0.05) is 124 Å². The molecule has 0 aromatic rings. The lowest BCUT2D eigenvalue weighted by molar-refractivity contribution is -0.186. The van der Waals surface area contributed by atoms with Crippen molar-refractivity contribution in [3.8, 4) is 0 Å². The molecule has 0 aromatic carbocycles. The molecule has 0 aliphatic carbocycles. The zero-order valence-electron chi connectivity index (χ0n) is 50.7. The van der Waals surface area contributed by atoms with Crippen molar-refractivity contribution >= 4 is 107 Å². The second-order valence-corrected chi connectivity index (χ2v) is 25.2. The Kier molecular flexibility index (Phi) is 32.6. The molecule has 1 radical (unpaired) electrons. The van der Waals surface area contributed by atoms with E-state index in [2.05, 4.69) is 6.92 Å². The Bertz CT molecular complexity index is 2070. The summed E-state index contributed by atoms with van der Waals surface area (Å²) in [6, 6.07) is 0. The van der Waals surface area contributed by atoms with E-state index in [9.17, 15) is 57.5 Å². The number of carbonyl (C=O) groups is 12. The fourth-order valence-corrected chi connectivity index (χ4v) is 14.7. The first kappa shape index (κ1) is 74.8. The molecule has 3 heterocycles. The number of thioether (sulfide) groups is 3. The van der Waals surface area contributed by atoms with Gasteiger partial charge < -0.3 is 71.1 Å². The van der Waals surface area contributed by atoms with E-state index in [4.69, 9.17) is 71.1 Å². The van der Waals surface area contributed by atoms with Crippen molar-refractivity contribution < 1.29 is 129 Å². The van der Waals surface area contributed by atoms with Crippen molar-refractivity contribution in [3.63, 3.8) is 0 Å². The molecule has 3 aliphatic rings. The Morgan fingerprint density at radius 3 is 0.663 bits per heavy atom. The first-order valence-corrected chi connectivity index (χ1v) is 30.7. The van der Waals surface area contributed by atoms with Crippen LogP contribution in [0.3, 0.4) is 0 Å². The highest BCUT2D eigenvalue weighted by Gasteiger charge is 2.54. The van der Waals surface area contributed by atoms with Crippen molar-refractivity contribution in [1.29, 1.82) is 0 Å². The topological polar surface area (TPSA) is 343 Å². The van der Waals surface area contributed by atoms with E-state index in [0.717, 1.165) is 41.5 Å². The standard InChI is InChI=1S/C56H83O27S3/c1-29(57)72-23-44-50(78-35(7)63)53(81-38(10)66)47(75-32(4)60)41(84-44)17-14-20-69-26-56(13,27-70-21-15-18-42-48(76-33(5)61)54(82-39(11)67)51(79-36(8)64)45(85-42)24-73-30(2)58)28-71-22-16-19-43-49(77-34(6)62)55(83-40(12)68)52(80-37(9)65)46(86-43)25-74-31(3)59/h41-55H,13-28H2,1-12H3/t41-,42-,43+,44-,45-,46-,47-,48-,49+,50-,51-,52-,53-,54-,55-/m1/s1. The Balaban J connectivity index is 1.88. The largest absolute Gasteiger partial charge is 0.465 e. The maximum Gasteiger partial charge on any atom is 0.303 e. The van der Waals surface area contributed by atoms with E-state index >= 15 is 0 Å². The molecule has 0 amide bonds. The molecule has 0 N–H and O–H groups in total. The fourth-order valence-electron chi connectivity index (χ4n) is 9.80. The van der Waals surface area contributed by atoms with Crippen LogP contribution in [0.25, 0.3) is 0 Å². The molecule has 3 aliphatic heterocycles. The van der Waals surface area contributed by atoms with Gasteiger partial charge in [-0.25, -0.2) is 0 Å². The molecule has 15 atom stereocenters. The molecule has 0 saturated carbocycles. The molecule has 0 spiro atoms. The molecule has 0 aromatic heterocycles. The Hall–Kier alpha value is -5.43. The van der Waals surface area contributed by atoms with E-state index in [1.54, 1.807) is 0 Å². The zero-order valence-corrected chi connectivity index (χ0v) is 53.2. The van der Waals surface area contributed by atoms with Crippen LogP contribution in [0.4, 0.5) is 0 Å². The molecular weight excluding hydrogens is 1200 g/mol. The van der Waals surface area contributed by atoms with E-state index in [1.807, 2.05) is 0 Å². The maximum atomic E-state index is 12.5. The van der Waals surface area contributed by atoms with E-state index in [1.165, 1.54) is 76.8 Å². The average Bonchev–Trinajstić information content (AvgIpc) is 3.43. The van der Waals surface area contributed by atoms with Crippen LogP contribution in [0.5, 0.6) is 0 Å². The van der Waals surface area contributed by atoms with Crippen molar-refractivity contribution in [1.82, 2.24) is 0 Å². The summed E-state index contributed by atoms with van der Waals surface area (Å²) in [4.78, 5) is 147. The third-order valence-electron chi connectivity index (χ3n) is 12.8. The van der Waals surface area contributed by atoms with Gasteiger partial charge in [-0.1, -0.05) is 0 Å². The second-order valence-electron chi connectivity index (χ2n) is 20.8. The van der Waals surface area contributed by atoms with Crippen LogP contribution < -0.4 is 0 Å². The number of ether oxygens (including phenoxy) is 15. The Morgan fingerprint density at radius 2 is 0.477 bits per heavy atom. The number of esters is 12. The molecule has 3 saturated heterocycles. The van der Waals surface area contributed by atoms with Gasteiger partial charge >= 0.3 is 71.6 Å². The first-order valence-electron chi connectivity index (χ1n) is 27.9. The van der Waals surface area contributed by atoms with Crippen LogP contribution in [-0.4, -0.2) is 218 Å². The third-order valence-corrected chi connectivity index (χ3v) is 17.6. The van der Waals surface area contributed by atoms with Crippen LogP contribution >= 0.6 is 35.3 Å². The molecular formula is C56H83O27S3. The van der Waals surface area contributed by atoms with Crippen molar-refractivity contribution in [2.45, 2.75) is 208 Å². The Morgan fingerprint density at radius 1 is 0.291 bits per heavy atom. The van der Waals surface area contributed by atoms with Gasteiger partial charge in [0.1, 0.15) is 19.8 Å². The number of carbonyl (C=O) groups excluding carboxylic acids is 12. The summed E-state index contributed by atoms with van der Waals surface area (Å²) >= 11 is 3.71. The minimum absolute atomic E-state index is 0.0449. The van der Waals surface area contributed by atoms with Crippen LogP contribution in [0, 0.1) is 12.3 Å². The van der Waals surface area contributed by atoms with E-state index in [0.29, 0.717) is 38.5 Å². The van der Waals surface area contributed by atoms with Gasteiger partial charge in [0.25, 0.3) is 0 Å². The highest BCUT2D eigenvalue weighted by Crippen LogP contribution is 2.43. The minimum Gasteiger partial charge on any atom is -0.465 e. The van der Waals surface area contributed by atoms with Crippen molar-refractivity contribution in [2.24, 2.45) is 5.41 Å². The lowest BCUT2D eigenvalue weighted by atomic mass is 9.94. The van der Waals surface area contributed by atoms with Gasteiger partial charge in [0.2, 0.25) is 0 Å². The zero-order chi connectivity index (χ0) is 64.4. The fraction of sp³-hybridized carbons (Fsp3) is 0.768. The summed E-state index contributed by atoms with van der Waals surface area (Å²) in [5, 5.41) is -3.93. The molecule has 3 fully saturated rings. The first-order chi connectivity index (χ1) is 40.4. The molecule has 0 bridgehead atoms. The van der Waals surface area contributed by atoms with Gasteiger partial charge in [-0.2, -0.15) is 0 Å². The molecule has 487 valence electrons. The van der Waals surface area contributed by atoms with Gasteiger partial charge in [0.05, 0.1) is 35.6 Å². The van der Waals surface area contributed by atoms with Gasteiger partial charge in [-0.3, -0.25) is 57.5 Å². The molecule has 86 heavy (non-hydrogen) atoms. The number of rotatable bonds is 33. The second kappa shape index (κ2) is 37.4. The Labute approximate surface area is 513 Å². The summed E-state index contributed by atoms with van der Waals surface area (Å²) < 4.78 is 85.5. The highest BCUT2D eigenvalue weighted by molar-refractivity contribution is 8.01. The summed E-state index contributed by atoms with van der Waals surface area (Å²) in [7, 11) is 0. The van der Waals surface area contributed by atoms with E-state index in [-0.39, 0.29) is 59.5 Å². The van der Waals surface area contributed by atoms with Crippen LogP contribution in [-0.2, 0) is 129 Å². The van der Waals surface area contributed by atoms with Crippen LogP contribution in [0.2, 0.25) is 0 Å². The van der Waals surface area contributed by atoms with Gasteiger partial charge in [-0.15, -0.1) is 35.3 Å². The third kappa shape index (κ3) is 26.9. The van der Waals surface area contributed by atoms with Crippen LogP contribution in [0.1, 0.15) is 122 Å². The lowest BCUT2D eigenvalue weighted by Gasteiger charge is -2.44. The summed E-state index contributed by atoms with van der Waals surface area (Å²) in [5.74, 6) is -8.23. The quantitative estimate of drug-likeness (QED) is 0.0513. The predicted molar refractivity (Wildman–Crippen MR) is 303 cm³/mol. The van der Waals surface area contributed by atoms with Crippen LogP contribution in [0.15, 0.2) is 0 Å². The van der Waals surface area contributed by atoms with E-state index < -0.39 is 163 Å². The normalized spacial score (nSPS) is 27.1. The monoisotopic (exact) mass is 1280 g/mol. The number of hydrogen-bond donors (Lipinski definition) is 0. The molecule has 3 rings (SSSR count). The molecule has 30 heteroatoms. The maximum absolute atomic E-state index is 12.5. The van der Waals surface area contributed by atoms with Gasteiger partial charge in [0.15, 0.2) is 54.9 Å². The average molecular weight is 1280 g/mol. The van der Waals surface area contributed by atoms with Crippen molar-refractivity contribution in [3.05, 3.63) is 6.92 Å². The molecule has 0 unspecified atom stereocenters. The predicted octanol–water partition coefficient (Wildman–Crippen LogP) is 3.72. The molecule has 27 nitrogen and oxygen atoms in total. The summed E-state index contributed by atoms with van der Waals surface area (Å²) in [6.45, 7) is 18.1. The van der Waals surface area contributed by atoms with Crippen molar-refractivity contribution in [2.75, 3.05) is 59.5 Å².